The lowest BCUT2D eigenvalue weighted by atomic mass is 10.0. The monoisotopic (exact) mass is 428 g/mol. The first-order valence-electron chi connectivity index (χ1n) is 10.7. The zero-order valence-corrected chi connectivity index (χ0v) is 17.9. The first-order valence-corrected chi connectivity index (χ1v) is 10.7. The van der Waals surface area contributed by atoms with Crippen molar-refractivity contribution < 1.29 is 14.1 Å². The van der Waals surface area contributed by atoms with Crippen LogP contribution in [0.5, 0.6) is 5.75 Å². The highest BCUT2D eigenvalue weighted by molar-refractivity contribution is 6.07. The van der Waals surface area contributed by atoms with E-state index in [1.165, 1.54) is 0 Å². The number of methoxy groups -OCH3 is 1. The van der Waals surface area contributed by atoms with Crippen molar-refractivity contribution in [1.82, 2.24) is 19.9 Å². The fourth-order valence-electron chi connectivity index (χ4n) is 4.06. The van der Waals surface area contributed by atoms with E-state index >= 15 is 0 Å². The van der Waals surface area contributed by atoms with Gasteiger partial charge in [0.15, 0.2) is 0 Å². The van der Waals surface area contributed by atoms with Crippen molar-refractivity contribution in [1.29, 1.82) is 0 Å². The average Bonchev–Trinajstić information content (AvgIpc) is 3.32. The summed E-state index contributed by atoms with van der Waals surface area (Å²) in [6.45, 7) is 3.43. The van der Waals surface area contributed by atoms with Gasteiger partial charge in [0.05, 0.1) is 13.7 Å². The fraction of sp³-hybridized carbons (Fsp3) is 0.240. The van der Waals surface area contributed by atoms with Crippen LogP contribution in [0.3, 0.4) is 0 Å². The van der Waals surface area contributed by atoms with Crippen molar-refractivity contribution in [3.8, 4) is 17.1 Å². The van der Waals surface area contributed by atoms with Crippen LogP contribution in [0.1, 0.15) is 16.2 Å². The first kappa shape index (κ1) is 20.2. The number of piperazine rings is 1. The van der Waals surface area contributed by atoms with Crippen LogP contribution in [0.15, 0.2) is 71.3 Å². The molecular weight excluding hydrogens is 404 g/mol. The van der Waals surface area contributed by atoms with E-state index in [0.717, 1.165) is 40.7 Å². The van der Waals surface area contributed by atoms with Crippen molar-refractivity contribution >= 4 is 16.7 Å². The molecule has 5 rings (SSSR count). The maximum absolute atomic E-state index is 13.1. The van der Waals surface area contributed by atoms with Gasteiger partial charge in [-0.05, 0) is 41.1 Å². The number of hydrogen-bond donors (Lipinski definition) is 0. The summed E-state index contributed by atoms with van der Waals surface area (Å²) in [6, 6.07) is 21.5. The summed E-state index contributed by atoms with van der Waals surface area (Å²) in [5.41, 5.74) is 1.64. The molecule has 0 N–H and O–H groups in total. The summed E-state index contributed by atoms with van der Waals surface area (Å²) < 4.78 is 10.6. The van der Waals surface area contributed by atoms with Gasteiger partial charge in [0.2, 0.25) is 11.7 Å². The third kappa shape index (κ3) is 4.07. The van der Waals surface area contributed by atoms with E-state index in [4.69, 9.17) is 9.26 Å². The third-order valence-electron chi connectivity index (χ3n) is 5.85. The van der Waals surface area contributed by atoms with Gasteiger partial charge in [-0.2, -0.15) is 4.98 Å². The Hall–Kier alpha value is -3.71. The van der Waals surface area contributed by atoms with Gasteiger partial charge < -0.3 is 14.2 Å². The van der Waals surface area contributed by atoms with Crippen LogP contribution in [0.4, 0.5) is 0 Å². The number of benzene rings is 3. The van der Waals surface area contributed by atoms with Crippen molar-refractivity contribution in [2.75, 3.05) is 33.3 Å². The molecule has 3 aromatic carbocycles. The summed E-state index contributed by atoms with van der Waals surface area (Å²) in [5, 5.41) is 6.18. The molecule has 0 spiro atoms. The summed E-state index contributed by atoms with van der Waals surface area (Å²) in [6.07, 6.45) is 0. The van der Waals surface area contributed by atoms with Gasteiger partial charge in [0.25, 0.3) is 5.91 Å². The highest BCUT2D eigenvalue weighted by Crippen LogP contribution is 2.22. The molecule has 32 heavy (non-hydrogen) atoms. The molecule has 2 heterocycles. The van der Waals surface area contributed by atoms with Crippen molar-refractivity contribution in [2.24, 2.45) is 0 Å². The molecule has 1 aliphatic rings. The van der Waals surface area contributed by atoms with Crippen LogP contribution < -0.4 is 4.74 Å². The lowest BCUT2D eigenvalue weighted by Gasteiger charge is -2.34. The van der Waals surface area contributed by atoms with E-state index < -0.39 is 0 Å². The Bertz CT molecular complexity index is 1220. The van der Waals surface area contributed by atoms with Crippen LogP contribution in [-0.2, 0) is 6.54 Å². The zero-order chi connectivity index (χ0) is 21.9. The number of hydrogen-bond acceptors (Lipinski definition) is 6. The number of ether oxygens (including phenoxy) is 1. The van der Waals surface area contributed by atoms with Crippen LogP contribution in [0.25, 0.3) is 22.2 Å². The normalized spacial score (nSPS) is 14.6. The number of fused-ring (bicyclic) bond motifs is 1. The van der Waals surface area contributed by atoms with E-state index in [2.05, 4.69) is 15.0 Å². The predicted molar refractivity (Wildman–Crippen MR) is 121 cm³/mol. The molecule has 162 valence electrons. The molecule has 0 atom stereocenters. The van der Waals surface area contributed by atoms with Crippen molar-refractivity contribution in [2.45, 2.75) is 6.54 Å². The number of nitrogens with zero attached hydrogens (tertiary/aromatic N) is 4. The minimum absolute atomic E-state index is 0.0843. The molecule has 4 aromatic rings. The van der Waals surface area contributed by atoms with Crippen LogP contribution in [0, 0.1) is 0 Å². The number of carbonyl (C=O) groups is 1. The number of carbonyl (C=O) groups excluding carboxylic acids is 1. The van der Waals surface area contributed by atoms with Crippen molar-refractivity contribution in [3.63, 3.8) is 0 Å². The summed E-state index contributed by atoms with van der Waals surface area (Å²) >= 11 is 0. The van der Waals surface area contributed by atoms with E-state index in [1.807, 2.05) is 71.6 Å². The second kappa shape index (κ2) is 8.80. The maximum Gasteiger partial charge on any atom is 0.254 e. The maximum atomic E-state index is 13.1. The molecule has 0 radical (unpaired) electrons. The molecule has 1 amide bonds. The molecular formula is C25H24N4O3. The van der Waals surface area contributed by atoms with Gasteiger partial charge >= 0.3 is 0 Å². The molecule has 7 heteroatoms. The SMILES string of the molecule is COc1ccc(-c2noc(CN3CCN(C(=O)c4cccc5ccccc45)CC3)n2)cc1. The van der Waals surface area contributed by atoms with E-state index in [-0.39, 0.29) is 5.91 Å². The minimum atomic E-state index is 0.0843. The summed E-state index contributed by atoms with van der Waals surface area (Å²) in [7, 11) is 1.64. The van der Waals surface area contributed by atoms with Crippen LogP contribution >= 0.6 is 0 Å². The number of aromatic nitrogens is 2. The standard InChI is InChI=1S/C25H24N4O3/c1-31-20-11-9-19(10-12-20)24-26-23(32-27-24)17-28-13-15-29(16-14-28)25(30)22-8-4-6-18-5-2-3-7-21(18)22/h2-12H,13-17H2,1H3. The van der Waals surface area contributed by atoms with E-state index in [0.29, 0.717) is 31.3 Å². The molecule has 0 aliphatic carbocycles. The molecule has 0 saturated carbocycles. The second-order valence-electron chi connectivity index (χ2n) is 7.84. The van der Waals surface area contributed by atoms with Crippen molar-refractivity contribution in [3.05, 3.63) is 78.2 Å². The minimum Gasteiger partial charge on any atom is -0.497 e. The molecule has 1 aliphatic heterocycles. The van der Waals surface area contributed by atoms with Gasteiger partial charge in [-0.1, -0.05) is 41.6 Å². The van der Waals surface area contributed by atoms with Gasteiger partial charge in [0, 0.05) is 37.3 Å². The average molecular weight is 428 g/mol. The Kier molecular flexibility index (Phi) is 5.56. The second-order valence-corrected chi connectivity index (χ2v) is 7.84. The molecule has 7 nitrogen and oxygen atoms in total. The molecule has 0 bridgehead atoms. The smallest absolute Gasteiger partial charge is 0.254 e. The Morgan fingerprint density at radius 3 is 2.50 bits per heavy atom. The van der Waals surface area contributed by atoms with Gasteiger partial charge in [0.1, 0.15) is 5.75 Å². The number of amides is 1. The Labute approximate surface area is 186 Å². The largest absolute Gasteiger partial charge is 0.497 e. The molecule has 0 unspecified atom stereocenters. The Morgan fingerprint density at radius 1 is 0.969 bits per heavy atom. The van der Waals surface area contributed by atoms with E-state index in [9.17, 15) is 4.79 Å². The van der Waals surface area contributed by atoms with Crippen LogP contribution in [-0.4, -0.2) is 59.1 Å². The lowest BCUT2D eigenvalue weighted by molar-refractivity contribution is 0.0617. The van der Waals surface area contributed by atoms with Gasteiger partial charge in [-0.15, -0.1) is 0 Å². The molecule has 1 aromatic heterocycles. The Balaban J connectivity index is 1.21. The van der Waals surface area contributed by atoms with Gasteiger partial charge in [-0.25, -0.2) is 0 Å². The highest BCUT2D eigenvalue weighted by atomic mass is 16.5. The lowest BCUT2D eigenvalue weighted by Crippen LogP contribution is -2.48. The quantitative estimate of drug-likeness (QED) is 0.481. The van der Waals surface area contributed by atoms with E-state index in [1.54, 1.807) is 7.11 Å². The van der Waals surface area contributed by atoms with Crippen LogP contribution in [0.2, 0.25) is 0 Å². The first-order chi connectivity index (χ1) is 15.7. The summed E-state index contributed by atoms with van der Waals surface area (Å²) in [5.74, 6) is 2.01. The zero-order valence-electron chi connectivity index (χ0n) is 17.9. The third-order valence-corrected chi connectivity index (χ3v) is 5.85. The number of rotatable bonds is 5. The molecule has 1 fully saturated rings. The highest BCUT2D eigenvalue weighted by Gasteiger charge is 2.24. The predicted octanol–water partition coefficient (Wildman–Crippen LogP) is 3.86. The summed E-state index contributed by atoms with van der Waals surface area (Å²) in [4.78, 5) is 21.8. The Morgan fingerprint density at radius 2 is 1.72 bits per heavy atom. The van der Waals surface area contributed by atoms with Gasteiger partial charge in [-0.3, -0.25) is 9.69 Å². The molecule has 1 saturated heterocycles. The fourth-order valence-corrected chi connectivity index (χ4v) is 4.06. The topological polar surface area (TPSA) is 71.7 Å².